The molecule has 0 saturated heterocycles. The average molecular weight is 461 g/mol. The molecule has 2 rings (SSSR count). The van der Waals surface area contributed by atoms with Gasteiger partial charge in [-0.2, -0.15) is 4.72 Å². The second kappa shape index (κ2) is 7.08. The summed E-state index contributed by atoms with van der Waals surface area (Å²) in [5.41, 5.74) is 0. The van der Waals surface area contributed by atoms with Gasteiger partial charge in [0.1, 0.15) is 10.9 Å². The lowest BCUT2D eigenvalue weighted by atomic mass is 9.84. The average Bonchev–Trinajstić information content (AvgIpc) is 2.77. The minimum Gasteiger partial charge on any atom is -0.480 e. The predicted molar refractivity (Wildman–Crippen MR) is 88.0 cm³/mol. The van der Waals surface area contributed by atoms with Gasteiger partial charge in [0, 0.05) is 0 Å². The molecule has 1 aliphatic carbocycles. The number of sulfonamides is 1. The first-order chi connectivity index (χ1) is 9.81. The third-order valence-electron chi connectivity index (χ3n) is 3.58. The van der Waals surface area contributed by atoms with Crippen LogP contribution < -0.4 is 4.72 Å². The van der Waals surface area contributed by atoms with Gasteiger partial charge in [0.15, 0.2) is 0 Å². The zero-order chi connectivity index (χ0) is 15.6. The summed E-state index contributed by atoms with van der Waals surface area (Å²) in [6, 6.07) is 0.400. The number of hydrogen-bond donors (Lipinski definition) is 2. The van der Waals surface area contributed by atoms with Gasteiger partial charge in [0.05, 0.1) is 7.57 Å². The molecule has 21 heavy (non-hydrogen) atoms. The van der Waals surface area contributed by atoms with Crippen molar-refractivity contribution in [3.05, 3.63) is 13.6 Å². The van der Waals surface area contributed by atoms with E-state index in [1.54, 1.807) is 0 Å². The summed E-state index contributed by atoms with van der Waals surface area (Å²) in [5, 5.41) is 9.36. The number of halogens is 2. The largest absolute Gasteiger partial charge is 0.480 e. The molecule has 0 radical (unpaired) electrons. The number of carboxylic acids is 1. The Hall–Kier alpha value is 0.0400. The summed E-state index contributed by atoms with van der Waals surface area (Å²) in [5.74, 6) is -1.26. The number of carboxylic acid groups (broad SMARTS) is 1. The molecule has 1 aromatic rings. The molecule has 0 aromatic carbocycles. The summed E-state index contributed by atoms with van der Waals surface area (Å²) < 4.78 is 28.3. The van der Waals surface area contributed by atoms with Gasteiger partial charge in [0.2, 0.25) is 10.0 Å². The van der Waals surface area contributed by atoms with Gasteiger partial charge in [0.25, 0.3) is 0 Å². The van der Waals surface area contributed by atoms with E-state index < -0.39 is 22.0 Å². The van der Waals surface area contributed by atoms with Gasteiger partial charge in [-0.3, -0.25) is 4.79 Å². The van der Waals surface area contributed by atoms with Crippen LogP contribution in [0.1, 0.15) is 32.1 Å². The molecule has 1 unspecified atom stereocenters. The van der Waals surface area contributed by atoms with E-state index >= 15 is 0 Å². The van der Waals surface area contributed by atoms with Crippen molar-refractivity contribution in [2.75, 3.05) is 0 Å². The van der Waals surface area contributed by atoms with Crippen molar-refractivity contribution in [3.8, 4) is 0 Å². The fourth-order valence-corrected chi connectivity index (χ4v) is 7.62. The molecular weight excluding hydrogens is 446 g/mol. The number of hydrogen-bond acceptors (Lipinski definition) is 4. The van der Waals surface area contributed by atoms with Gasteiger partial charge < -0.3 is 5.11 Å². The maximum absolute atomic E-state index is 12.4. The van der Waals surface area contributed by atoms with Crippen molar-refractivity contribution in [3.63, 3.8) is 0 Å². The summed E-state index contributed by atoms with van der Waals surface area (Å²) in [4.78, 5) is 11.5. The van der Waals surface area contributed by atoms with Gasteiger partial charge in [-0.25, -0.2) is 8.42 Å². The molecule has 1 aliphatic rings. The standard InChI is InChI=1S/C12H15Br2NO4S2/c13-9-6-8(11(14)20-9)21(18,19)15-10(12(16)17)7-4-2-1-3-5-7/h6-7,10,15H,1-5H2,(H,16,17). The molecule has 0 aliphatic heterocycles. The highest BCUT2D eigenvalue weighted by Gasteiger charge is 2.34. The zero-order valence-corrected chi connectivity index (χ0v) is 15.8. The van der Waals surface area contributed by atoms with E-state index in [2.05, 4.69) is 36.6 Å². The maximum atomic E-state index is 12.4. The lowest BCUT2D eigenvalue weighted by Crippen LogP contribution is -2.46. The van der Waals surface area contributed by atoms with E-state index in [0.717, 1.165) is 32.1 Å². The Bertz CT molecular complexity index is 623. The molecule has 1 aromatic heterocycles. The number of aliphatic carboxylic acids is 1. The second-order valence-electron chi connectivity index (χ2n) is 5.02. The van der Waals surface area contributed by atoms with Crippen LogP contribution in [0, 0.1) is 5.92 Å². The molecule has 0 amide bonds. The molecule has 1 fully saturated rings. The first kappa shape index (κ1) is 17.4. The fraction of sp³-hybridized carbons (Fsp3) is 0.583. The first-order valence-electron chi connectivity index (χ1n) is 6.51. The number of rotatable bonds is 5. The van der Waals surface area contributed by atoms with Crippen LogP contribution in [0.25, 0.3) is 0 Å². The molecule has 1 saturated carbocycles. The molecule has 0 bridgehead atoms. The Kier molecular flexibility index (Phi) is 5.86. The zero-order valence-electron chi connectivity index (χ0n) is 11.0. The van der Waals surface area contributed by atoms with Crippen molar-refractivity contribution in [2.45, 2.75) is 43.0 Å². The minimum absolute atomic E-state index is 0.0708. The van der Waals surface area contributed by atoms with E-state index in [-0.39, 0.29) is 10.8 Å². The van der Waals surface area contributed by atoms with Crippen LogP contribution in [0.4, 0.5) is 0 Å². The maximum Gasteiger partial charge on any atom is 0.322 e. The topological polar surface area (TPSA) is 83.5 Å². The smallest absolute Gasteiger partial charge is 0.322 e. The van der Waals surface area contributed by atoms with Crippen LogP contribution in [-0.4, -0.2) is 25.5 Å². The lowest BCUT2D eigenvalue weighted by Gasteiger charge is -2.27. The van der Waals surface area contributed by atoms with Gasteiger partial charge in [-0.15, -0.1) is 11.3 Å². The van der Waals surface area contributed by atoms with Crippen LogP contribution in [0.2, 0.25) is 0 Å². The van der Waals surface area contributed by atoms with Crippen molar-refractivity contribution in [2.24, 2.45) is 5.92 Å². The highest BCUT2D eigenvalue weighted by molar-refractivity contribution is 9.12. The van der Waals surface area contributed by atoms with Crippen LogP contribution in [0.3, 0.4) is 0 Å². The van der Waals surface area contributed by atoms with E-state index in [1.807, 2.05) is 0 Å². The third kappa shape index (κ3) is 4.28. The molecule has 2 N–H and O–H groups in total. The molecule has 118 valence electrons. The Morgan fingerprint density at radius 2 is 1.95 bits per heavy atom. The molecule has 9 heteroatoms. The molecule has 1 atom stereocenters. The van der Waals surface area contributed by atoms with E-state index in [4.69, 9.17) is 0 Å². The van der Waals surface area contributed by atoms with Crippen LogP contribution in [-0.2, 0) is 14.8 Å². The Morgan fingerprint density at radius 1 is 1.33 bits per heavy atom. The van der Waals surface area contributed by atoms with Crippen molar-refractivity contribution in [1.29, 1.82) is 0 Å². The van der Waals surface area contributed by atoms with E-state index in [0.29, 0.717) is 7.57 Å². The fourth-order valence-electron chi connectivity index (χ4n) is 2.55. The van der Waals surface area contributed by atoms with Crippen molar-refractivity contribution in [1.82, 2.24) is 4.72 Å². The Morgan fingerprint density at radius 3 is 2.43 bits per heavy atom. The Balaban J connectivity index is 2.23. The Labute approximate surface area is 144 Å². The van der Waals surface area contributed by atoms with E-state index in [1.165, 1.54) is 17.4 Å². The third-order valence-corrected chi connectivity index (χ3v) is 7.78. The molecular formula is C12H15Br2NO4S2. The van der Waals surface area contributed by atoms with E-state index in [9.17, 15) is 18.3 Å². The monoisotopic (exact) mass is 459 g/mol. The van der Waals surface area contributed by atoms with Gasteiger partial charge in [-0.05, 0) is 56.7 Å². The van der Waals surface area contributed by atoms with Crippen molar-refractivity contribution >= 4 is 59.2 Å². The predicted octanol–water partition coefficient (Wildman–Crippen LogP) is 3.58. The number of nitrogens with one attached hydrogen (secondary N) is 1. The van der Waals surface area contributed by atoms with Gasteiger partial charge in [-0.1, -0.05) is 19.3 Å². The normalized spacial score (nSPS) is 18.6. The highest BCUT2D eigenvalue weighted by atomic mass is 79.9. The molecule has 5 nitrogen and oxygen atoms in total. The SMILES string of the molecule is O=C(O)C(NS(=O)(=O)c1cc(Br)sc1Br)C1CCCCC1. The van der Waals surface area contributed by atoms with Crippen LogP contribution in [0.15, 0.2) is 18.5 Å². The second-order valence-corrected chi connectivity index (χ2v) is 10.5. The summed E-state index contributed by atoms with van der Waals surface area (Å²) in [7, 11) is -3.86. The van der Waals surface area contributed by atoms with Crippen molar-refractivity contribution < 1.29 is 18.3 Å². The molecule has 0 spiro atoms. The lowest BCUT2D eigenvalue weighted by molar-refractivity contribution is -0.140. The van der Waals surface area contributed by atoms with Gasteiger partial charge >= 0.3 is 5.97 Å². The van der Waals surface area contributed by atoms with Crippen LogP contribution in [0.5, 0.6) is 0 Å². The summed E-state index contributed by atoms with van der Waals surface area (Å²) in [6.45, 7) is 0. The summed E-state index contributed by atoms with van der Waals surface area (Å²) in [6.07, 6.45) is 4.47. The molecule has 1 heterocycles. The highest BCUT2D eigenvalue weighted by Crippen LogP contribution is 2.35. The first-order valence-corrected chi connectivity index (χ1v) is 10.4. The minimum atomic E-state index is -3.86. The van der Waals surface area contributed by atoms with Crippen LogP contribution >= 0.6 is 43.2 Å². The summed E-state index contributed by atoms with van der Waals surface area (Å²) >= 11 is 7.66. The number of thiophene rings is 1. The quantitative estimate of drug-likeness (QED) is 0.703. The number of carbonyl (C=O) groups is 1.